The van der Waals surface area contributed by atoms with Crippen molar-refractivity contribution in [3.05, 3.63) is 29.0 Å². The molecule has 0 aliphatic rings. The molecular formula is C12H16ClN3O2. The number of halogens is 1. The van der Waals surface area contributed by atoms with Gasteiger partial charge in [0, 0.05) is 18.9 Å². The van der Waals surface area contributed by atoms with Gasteiger partial charge in [0.1, 0.15) is 0 Å². The average Bonchev–Trinajstić information content (AvgIpc) is 2.34. The molecule has 2 N–H and O–H groups in total. The molecule has 0 atom stereocenters. The molecule has 0 bridgehead atoms. The van der Waals surface area contributed by atoms with Crippen LogP contribution in [0.1, 0.15) is 24.2 Å². The summed E-state index contributed by atoms with van der Waals surface area (Å²) in [6.07, 6.45) is 2.86. The third-order valence-electron chi connectivity index (χ3n) is 2.13. The topological polar surface area (TPSA) is 71.1 Å². The second-order valence-electron chi connectivity index (χ2n) is 4.24. The quantitative estimate of drug-likeness (QED) is 0.845. The van der Waals surface area contributed by atoms with E-state index in [1.165, 1.54) is 18.5 Å². The number of carbonyl (C=O) groups is 2. The van der Waals surface area contributed by atoms with Crippen LogP contribution in [0.15, 0.2) is 18.5 Å². The second-order valence-corrected chi connectivity index (χ2v) is 4.64. The summed E-state index contributed by atoms with van der Waals surface area (Å²) >= 11 is 5.81. The third-order valence-corrected chi connectivity index (χ3v) is 2.44. The van der Waals surface area contributed by atoms with Crippen LogP contribution in [-0.4, -0.2) is 29.9 Å². The summed E-state index contributed by atoms with van der Waals surface area (Å²) in [5.74, 6) is -0.233. The van der Waals surface area contributed by atoms with Gasteiger partial charge in [0.2, 0.25) is 5.91 Å². The zero-order chi connectivity index (χ0) is 13.5. The van der Waals surface area contributed by atoms with Gasteiger partial charge in [0.25, 0.3) is 5.91 Å². The molecule has 0 spiro atoms. The SMILES string of the molecule is CC(C)CNC(=O)CNC(=O)c1ccncc1Cl. The molecule has 1 heterocycles. The van der Waals surface area contributed by atoms with E-state index in [9.17, 15) is 9.59 Å². The average molecular weight is 270 g/mol. The molecule has 2 amide bonds. The van der Waals surface area contributed by atoms with Crippen molar-refractivity contribution in [2.75, 3.05) is 13.1 Å². The summed E-state index contributed by atoms with van der Waals surface area (Å²) in [5, 5.41) is 5.47. The lowest BCUT2D eigenvalue weighted by atomic mass is 10.2. The molecule has 0 saturated carbocycles. The number of hydrogen-bond acceptors (Lipinski definition) is 3. The zero-order valence-electron chi connectivity index (χ0n) is 10.4. The van der Waals surface area contributed by atoms with Gasteiger partial charge in [-0.2, -0.15) is 0 Å². The van der Waals surface area contributed by atoms with E-state index in [0.717, 1.165) is 0 Å². The van der Waals surface area contributed by atoms with Crippen molar-refractivity contribution < 1.29 is 9.59 Å². The summed E-state index contributed by atoms with van der Waals surface area (Å²) in [4.78, 5) is 26.9. The number of aromatic nitrogens is 1. The van der Waals surface area contributed by atoms with Crippen LogP contribution in [0, 0.1) is 5.92 Å². The Hall–Kier alpha value is -1.62. The number of pyridine rings is 1. The molecule has 0 radical (unpaired) electrons. The Morgan fingerprint density at radius 3 is 2.72 bits per heavy atom. The maximum atomic E-state index is 11.7. The Morgan fingerprint density at radius 2 is 2.11 bits per heavy atom. The minimum Gasteiger partial charge on any atom is -0.354 e. The first-order valence-corrected chi connectivity index (χ1v) is 6.03. The van der Waals surface area contributed by atoms with Gasteiger partial charge in [-0.25, -0.2) is 0 Å². The number of amides is 2. The smallest absolute Gasteiger partial charge is 0.253 e. The Balaban J connectivity index is 2.42. The highest BCUT2D eigenvalue weighted by Crippen LogP contribution is 2.12. The van der Waals surface area contributed by atoms with Gasteiger partial charge >= 0.3 is 0 Å². The number of hydrogen-bond donors (Lipinski definition) is 2. The molecule has 5 nitrogen and oxygen atoms in total. The van der Waals surface area contributed by atoms with Crippen molar-refractivity contribution in [2.45, 2.75) is 13.8 Å². The molecule has 98 valence electrons. The van der Waals surface area contributed by atoms with Crippen LogP contribution in [-0.2, 0) is 4.79 Å². The molecule has 0 aliphatic heterocycles. The molecule has 1 rings (SSSR count). The van der Waals surface area contributed by atoms with Gasteiger partial charge in [-0.05, 0) is 12.0 Å². The molecule has 0 unspecified atom stereocenters. The Kier molecular flexibility index (Phi) is 5.58. The van der Waals surface area contributed by atoms with Gasteiger partial charge in [-0.1, -0.05) is 25.4 Å². The predicted octanol–water partition coefficient (Wildman–Crippen LogP) is 1.24. The van der Waals surface area contributed by atoms with E-state index in [0.29, 0.717) is 18.0 Å². The summed E-state index contributed by atoms with van der Waals surface area (Å²) in [7, 11) is 0. The minimum atomic E-state index is -0.387. The number of carbonyl (C=O) groups excluding carboxylic acids is 2. The molecule has 0 saturated heterocycles. The normalized spacial score (nSPS) is 10.2. The largest absolute Gasteiger partial charge is 0.354 e. The van der Waals surface area contributed by atoms with E-state index < -0.39 is 0 Å². The van der Waals surface area contributed by atoms with Crippen LogP contribution in [0.25, 0.3) is 0 Å². The highest BCUT2D eigenvalue weighted by molar-refractivity contribution is 6.33. The predicted molar refractivity (Wildman–Crippen MR) is 69.4 cm³/mol. The monoisotopic (exact) mass is 269 g/mol. The highest BCUT2D eigenvalue weighted by Gasteiger charge is 2.11. The van der Waals surface area contributed by atoms with Gasteiger partial charge in [0.05, 0.1) is 17.1 Å². The molecule has 0 aliphatic carbocycles. The minimum absolute atomic E-state index is 0.0653. The van der Waals surface area contributed by atoms with Crippen LogP contribution < -0.4 is 10.6 Å². The number of nitrogens with zero attached hydrogens (tertiary/aromatic N) is 1. The highest BCUT2D eigenvalue weighted by atomic mass is 35.5. The lowest BCUT2D eigenvalue weighted by molar-refractivity contribution is -0.120. The van der Waals surface area contributed by atoms with Crippen molar-refractivity contribution in [2.24, 2.45) is 5.92 Å². The Labute approximate surface area is 111 Å². The first-order valence-electron chi connectivity index (χ1n) is 5.65. The van der Waals surface area contributed by atoms with Crippen LogP contribution >= 0.6 is 11.6 Å². The first kappa shape index (κ1) is 14.4. The molecule has 1 aromatic rings. The maximum absolute atomic E-state index is 11.7. The zero-order valence-corrected chi connectivity index (χ0v) is 11.1. The van der Waals surface area contributed by atoms with Crippen LogP contribution in [0.4, 0.5) is 0 Å². The molecule has 0 aromatic carbocycles. The van der Waals surface area contributed by atoms with Crippen LogP contribution in [0.2, 0.25) is 5.02 Å². The van der Waals surface area contributed by atoms with Crippen molar-refractivity contribution >= 4 is 23.4 Å². The van der Waals surface area contributed by atoms with E-state index in [-0.39, 0.29) is 23.4 Å². The van der Waals surface area contributed by atoms with E-state index in [2.05, 4.69) is 15.6 Å². The lowest BCUT2D eigenvalue weighted by Crippen LogP contribution is -2.38. The van der Waals surface area contributed by atoms with Crippen LogP contribution in [0.5, 0.6) is 0 Å². The molecule has 0 fully saturated rings. The fourth-order valence-corrected chi connectivity index (χ4v) is 1.40. The Morgan fingerprint density at radius 1 is 1.39 bits per heavy atom. The van der Waals surface area contributed by atoms with Crippen molar-refractivity contribution in [3.8, 4) is 0 Å². The second kappa shape index (κ2) is 6.96. The standard InChI is InChI=1S/C12H16ClN3O2/c1-8(2)5-15-11(17)7-16-12(18)9-3-4-14-6-10(9)13/h3-4,6,8H,5,7H2,1-2H3,(H,15,17)(H,16,18). The summed E-state index contributed by atoms with van der Waals surface area (Å²) in [5.41, 5.74) is 0.309. The molecule has 18 heavy (non-hydrogen) atoms. The number of rotatable bonds is 5. The molecule has 1 aromatic heterocycles. The van der Waals surface area contributed by atoms with Crippen LogP contribution in [0.3, 0.4) is 0 Å². The van der Waals surface area contributed by atoms with Gasteiger partial charge in [-0.3, -0.25) is 14.6 Å². The number of nitrogens with one attached hydrogen (secondary N) is 2. The molecular weight excluding hydrogens is 254 g/mol. The van der Waals surface area contributed by atoms with E-state index in [4.69, 9.17) is 11.6 Å². The summed E-state index contributed by atoms with van der Waals surface area (Å²) in [6, 6.07) is 1.50. The van der Waals surface area contributed by atoms with Crippen molar-refractivity contribution in [1.82, 2.24) is 15.6 Å². The van der Waals surface area contributed by atoms with E-state index in [1.807, 2.05) is 13.8 Å². The fraction of sp³-hybridized carbons (Fsp3) is 0.417. The summed E-state index contributed by atoms with van der Waals surface area (Å²) in [6.45, 7) is 4.51. The van der Waals surface area contributed by atoms with Crippen molar-refractivity contribution in [1.29, 1.82) is 0 Å². The van der Waals surface area contributed by atoms with Gasteiger partial charge < -0.3 is 10.6 Å². The summed E-state index contributed by atoms with van der Waals surface area (Å²) < 4.78 is 0. The maximum Gasteiger partial charge on any atom is 0.253 e. The Bertz CT molecular complexity index is 435. The van der Waals surface area contributed by atoms with E-state index >= 15 is 0 Å². The lowest BCUT2D eigenvalue weighted by Gasteiger charge is -2.09. The fourth-order valence-electron chi connectivity index (χ4n) is 1.20. The van der Waals surface area contributed by atoms with Crippen molar-refractivity contribution in [3.63, 3.8) is 0 Å². The van der Waals surface area contributed by atoms with Gasteiger partial charge in [0.15, 0.2) is 0 Å². The third kappa shape index (κ3) is 4.71. The molecule has 6 heteroatoms. The van der Waals surface area contributed by atoms with E-state index in [1.54, 1.807) is 0 Å². The first-order chi connectivity index (χ1) is 8.50. The van der Waals surface area contributed by atoms with Gasteiger partial charge in [-0.15, -0.1) is 0 Å².